The van der Waals surface area contributed by atoms with Crippen LogP contribution in [0, 0.1) is 0 Å². The molecule has 10 N–H and O–H groups in total. The summed E-state index contributed by atoms with van der Waals surface area (Å²) in [6.07, 6.45) is 0. The van der Waals surface area contributed by atoms with Crippen LogP contribution in [0.25, 0.3) is 0 Å². The van der Waals surface area contributed by atoms with Crippen molar-refractivity contribution in [2.45, 2.75) is 0 Å². The standard InChI is InChI=1S/H4NO2PS.2H3N/c1-4(2,3)5;;/h(H4,1,2,3,5);2*1H3. The molecule has 0 rings (SSSR count). The van der Waals surface area contributed by atoms with E-state index in [1.54, 1.807) is 0 Å². The molecule has 0 amide bonds. The van der Waals surface area contributed by atoms with Crippen LogP contribution in [0.2, 0.25) is 0 Å². The molecule has 0 radical (unpaired) electrons. The van der Waals surface area contributed by atoms with Crippen molar-refractivity contribution in [1.29, 1.82) is 0 Å². The van der Waals surface area contributed by atoms with Gasteiger partial charge in [-0.15, -0.1) is 0 Å². The van der Waals surface area contributed by atoms with Crippen LogP contribution >= 0.6 is 6.64 Å². The second kappa shape index (κ2) is 4.61. The lowest BCUT2D eigenvalue weighted by molar-refractivity contribution is 0.481. The van der Waals surface area contributed by atoms with Crippen molar-refractivity contribution >= 4 is 18.4 Å². The molecule has 0 heterocycles. The highest BCUT2D eigenvalue weighted by molar-refractivity contribution is 8.07. The quantitative estimate of drug-likeness (QED) is 0.292. The van der Waals surface area contributed by atoms with E-state index < -0.39 is 6.64 Å². The Balaban J connectivity index is -0.0000000800. The summed E-state index contributed by atoms with van der Waals surface area (Å²) in [7, 11) is 0. The van der Waals surface area contributed by atoms with Gasteiger partial charge >= 0.3 is 0 Å². The van der Waals surface area contributed by atoms with Crippen molar-refractivity contribution in [1.82, 2.24) is 12.3 Å². The third kappa shape index (κ3) is 631. The number of hydrogen-bond donors (Lipinski definition) is 5. The molecule has 0 bridgehead atoms. The van der Waals surface area contributed by atoms with Gasteiger partial charge in [-0.3, -0.25) is 5.50 Å². The highest BCUT2D eigenvalue weighted by Gasteiger charge is 1.88. The number of rotatable bonds is 0. The summed E-state index contributed by atoms with van der Waals surface area (Å²) < 4.78 is 0. The molecule has 0 aromatic heterocycles. The smallest absolute Gasteiger partial charge is 0.253 e. The minimum atomic E-state index is -3.31. The Hall–Kier alpha value is 0.450. The van der Waals surface area contributed by atoms with E-state index >= 15 is 0 Å². The van der Waals surface area contributed by atoms with Gasteiger partial charge in [0.05, 0.1) is 0 Å². The maximum Gasteiger partial charge on any atom is 0.253 e. The molecule has 0 fully saturated rings. The fourth-order valence-corrected chi connectivity index (χ4v) is 0. The molecule has 0 aliphatic carbocycles. The highest BCUT2D eigenvalue weighted by Crippen LogP contribution is 2.20. The zero-order valence-corrected chi connectivity index (χ0v) is 5.45. The first-order chi connectivity index (χ1) is 2.00. The van der Waals surface area contributed by atoms with Gasteiger partial charge in [0.15, 0.2) is 0 Å². The van der Waals surface area contributed by atoms with Crippen LogP contribution in [0.1, 0.15) is 0 Å². The molecule has 0 aromatic carbocycles. The van der Waals surface area contributed by atoms with Crippen LogP contribution in [0.15, 0.2) is 0 Å². The number of hydrogen-bond acceptors (Lipinski definition) is 3. The fourth-order valence-electron chi connectivity index (χ4n) is 0. The summed E-state index contributed by atoms with van der Waals surface area (Å²) >= 11 is 3.83. The average Bonchev–Trinajstić information content (AvgIpc) is 0.722. The van der Waals surface area contributed by atoms with Gasteiger partial charge in [0.1, 0.15) is 0 Å². The van der Waals surface area contributed by atoms with Gasteiger partial charge in [-0.05, 0) is 11.8 Å². The molecular weight excluding hydrogens is 137 g/mol. The van der Waals surface area contributed by atoms with Gasteiger partial charge in [-0.1, -0.05) is 0 Å². The van der Waals surface area contributed by atoms with E-state index in [0.717, 1.165) is 0 Å². The maximum atomic E-state index is 7.78. The van der Waals surface area contributed by atoms with Crippen molar-refractivity contribution in [2.24, 2.45) is 5.50 Å². The molecule has 5 nitrogen and oxygen atoms in total. The van der Waals surface area contributed by atoms with E-state index in [4.69, 9.17) is 9.79 Å². The van der Waals surface area contributed by atoms with E-state index in [1.165, 1.54) is 0 Å². The Morgan fingerprint density at radius 2 is 1.29 bits per heavy atom. The molecule has 0 aliphatic heterocycles. The second-order valence-electron chi connectivity index (χ2n) is 0.589. The average molecular weight is 147 g/mol. The van der Waals surface area contributed by atoms with Crippen LogP contribution in [-0.4, -0.2) is 9.79 Å². The van der Waals surface area contributed by atoms with Gasteiger partial charge in [0, 0.05) is 0 Å². The van der Waals surface area contributed by atoms with E-state index in [2.05, 4.69) is 17.3 Å². The second-order valence-corrected chi connectivity index (χ2v) is 3.38. The molecule has 48 valence electrons. The van der Waals surface area contributed by atoms with E-state index in [1.807, 2.05) is 0 Å². The Bertz CT molecular complexity index is 59.1. The zero-order valence-electron chi connectivity index (χ0n) is 3.74. The highest BCUT2D eigenvalue weighted by atomic mass is 32.5. The zero-order chi connectivity index (χ0) is 4.50. The summed E-state index contributed by atoms with van der Waals surface area (Å²) in [6.45, 7) is -3.31. The Kier molecular flexibility index (Phi) is 10.3. The fraction of sp³-hybridized carbons (Fsp3) is 0. The normalized spacial score (nSPS) is 8.43. The maximum absolute atomic E-state index is 7.78. The van der Waals surface area contributed by atoms with Gasteiger partial charge in [-0.25, -0.2) is 0 Å². The summed E-state index contributed by atoms with van der Waals surface area (Å²) in [5, 5.41) is 0. The summed E-state index contributed by atoms with van der Waals surface area (Å²) in [6, 6.07) is 0. The van der Waals surface area contributed by atoms with E-state index in [-0.39, 0.29) is 12.3 Å². The first kappa shape index (κ1) is 15.7. The summed E-state index contributed by atoms with van der Waals surface area (Å²) in [5.74, 6) is 0. The Morgan fingerprint density at radius 1 is 1.29 bits per heavy atom. The van der Waals surface area contributed by atoms with Gasteiger partial charge in [-0.2, -0.15) is 0 Å². The predicted molar refractivity (Wildman–Crippen MR) is 33.0 cm³/mol. The molecule has 0 saturated heterocycles. The van der Waals surface area contributed by atoms with Gasteiger partial charge in [0.25, 0.3) is 6.64 Å². The van der Waals surface area contributed by atoms with Crippen molar-refractivity contribution in [3.63, 3.8) is 0 Å². The van der Waals surface area contributed by atoms with Gasteiger partial charge < -0.3 is 22.1 Å². The SMILES string of the molecule is N.N.NP(O)(O)=S. The first-order valence-electron chi connectivity index (χ1n) is 0.841. The Labute approximate surface area is 46.9 Å². The molecule has 0 saturated carbocycles. The van der Waals surface area contributed by atoms with E-state index in [9.17, 15) is 0 Å². The lowest BCUT2D eigenvalue weighted by Gasteiger charge is -1.90. The van der Waals surface area contributed by atoms with Crippen molar-refractivity contribution in [2.75, 3.05) is 0 Å². The summed E-state index contributed by atoms with van der Waals surface area (Å²) in [4.78, 5) is 15.6. The minimum Gasteiger partial charge on any atom is -0.344 e. The molecule has 7 heavy (non-hydrogen) atoms. The van der Waals surface area contributed by atoms with Crippen LogP contribution in [0.5, 0.6) is 0 Å². The topological polar surface area (TPSA) is 136 Å². The third-order valence-corrected chi connectivity index (χ3v) is 0. The van der Waals surface area contributed by atoms with Crippen molar-refractivity contribution < 1.29 is 9.79 Å². The summed E-state index contributed by atoms with van der Waals surface area (Å²) in [5.41, 5.74) is 4.39. The van der Waals surface area contributed by atoms with Crippen LogP contribution in [0.4, 0.5) is 0 Å². The third-order valence-electron chi connectivity index (χ3n) is 0. The lowest BCUT2D eigenvalue weighted by atomic mass is 13.9. The predicted octanol–water partition coefficient (Wildman–Crippen LogP) is -0.522. The van der Waals surface area contributed by atoms with Crippen LogP contribution in [-0.2, 0) is 11.8 Å². The van der Waals surface area contributed by atoms with Crippen LogP contribution < -0.4 is 17.8 Å². The molecule has 0 aliphatic rings. The van der Waals surface area contributed by atoms with Crippen molar-refractivity contribution in [3.8, 4) is 0 Å². The number of nitrogens with two attached hydrogens (primary N) is 1. The van der Waals surface area contributed by atoms with Gasteiger partial charge in [0.2, 0.25) is 0 Å². The molecule has 0 unspecified atom stereocenters. The lowest BCUT2D eigenvalue weighted by Crippen LogP contribution is -1.86. The molecular formula is H10N3O2PS. The molecule has 0 atom stereocenters. The molecule has 0 spiro atoms. The van der Waals surface area contributed by atoms with E-state index in [0.29, 0.717) is 0 Å². The molecule has 7 heteroatoms. The molecule has 0 aromatic rings. The van der Waals surface area contributed by atoms with Crippen molar-refractivity contribution in [3.05, 3.63) is 0 Å². The monoisotopic (exact) mass is 147 g/mol. The first-order valence-corrected chi connectivity index (χ1v) is 3.62. The Morgan fingerprint density at radius 3 is 1.29 bits per heavy atom. The minimum absolute atomic E-state index is 0. The van der Waals surface area contributed by atoms with Crippen LogP contribution in [0.3, 0.4) is 0 Å². The largest absolute Gasteiger partial charge is 0.344 e.